The van der Waals surface area contributed by atoms with Crippen LogP contribution in [0.15, 0.2) is 23.2 Å². The van der Waals surface area contributed by atoms with Crippen LogP contribution in [-0.4, -0.2) is 42.3 Å². The summed E-state index contributed by atoms with van der Waals surface area (Å²) in [6, 6.07) is 3.63. The first-order valence-electron chi connectivity index (χ1n) is 7.53. The van der Waals surface area contributed by atoms with Gasteiger partial charge in [-0.2, -0.15) is 23.4 Å². The summed E-state index contributed by atoms with van der Waals surface area (Å²) < 4.78 is 63.2. The summed E-state index contributed by atoms with van der Waals surface area (Å²) in [6.07, 6.45) is -5.12. The summed E-state index contributed by atoms with van der Waals surface area (Å²) in [5, 5.41) is 8.13. The molecule has 12 heteroatoms. The molecule has 2 saturated heterocycles. The predicted octanol–water partition coefficient (Wildman–Crippen LogP) is 2.87. The molecule has 1 amide bonds. The van der Waals surface area contributed by atoms with E-state index in [-0.39, 0.29) is 27.4 Å². The van der Waals surface area contributed by atoms with Crippen LogP contribution in [0.4, 0.5) is 18.9 Å². The van der Waals surface area contributed by atoms with Crippen molar-refractivity contribution in [1.29, 1.82) is 5.26 Å². The number of carbonyl (C=O) groups excluding carboxylic acids is 1. The highest BCUT2D eigenvalue weighted by molar-refractivity contribution is 8.16. The number of thioether (sulfide) groups is 1. The van der Waals surface area contributed by atoms with E-state index < -0.39 is 45.2 Å². The molecule has 0 unspecified atom stereocenters. The number of hydrogen-bond donors (Lipinski definition) is 0. The van der Waals surface area contributed by atoms with Crippen LogP contribution in [0, 0.1) is 11.3 Å². The van der Waals surface area contributed by atoms with Crippen molar-refractivity contribution in [2.75, 3.05) is 16.4 Å². The second-order valence-corrected chi connectivity index (χ2v) is 9.72. The lowest BCUT2D eigenvalue weighted by atomic mass is 10.1. The van der Waals surface area contributed by atoms with Crippen LogP contribution in [0.25, 0.3) is 0 Å². The summed E-state index contributed by atoms with van der Waals surface area (Å²) in [5.74, 6) is -1.24. The number of amides is 1. The fourth-order valence-electron chi connectivity index (χ4n) is 2.93. The lowest BCUT2D eigenvalue weighted by Crippen LogP contribution is -2.38. The highest BCUT2D eigenvalue weighted by atomic mass is 35.5. The Bertz CT molecular complexity index is 973. The molecule has 0 N–H and O–H groups in total. The first-order valence-corrected chi connectivity index (χ1v) is 10.6. The molecule has 0 radical (unpaired) electrons. The van der Waals surface area contributed by atoms with Crippen molar-refractivity contribution in [3.05, 3.63) is 28.8 Å². The molecule has 2 atom stereocenters. The summed E-state index contributed by atoms with van der Waals surface area (Å²) in [4.78, 5) is 16.8. The fraction of sp³-hybridized carbons (Fsp3) is 0.400. The Hall–Kier alpha value is -1.77. The van der Waals surface area contributed by atoms with Gasteiger partial charge in [0.05, 0.1) is 39.9 Å². The standard InChI is InChI=1S/C15H11ClF3N3O3S2/c16-9-2-1-8(15(17,18)19)5-10(9)22-11-6-27(24,25)7-12(11)26-14(22)21-13(23)3-4-20/h1-2,5,11-12H,3,6-7H2/t11-,12-/m1/s1. The zero-order valence-electron chi connectivity index (χ0n) is 13.4. The zero-order valence-corrected chi connectivity index (χ0v) is 15.8. The van der Waals surface area contributed by atoms with Crippen molar-refractivity contribution in [3.63, 3.8) is 0 Å². The molecular weight excluding hydrogens is 427 g/mol. The molecule has 1 aromatic rings. The van der Waals surface area contributed by atoms with E-state index in [1.165, 1.54) is 4.90 Å². The Labute approximate surface area is 161 Å². The Kier molecular flexibility index (Phi) is 5.18. The second kappa shape index (κ2) is 7.00. The third-order valence-corrected chi connectivity index (χ3v) is 7.58. The van der Waals surface area contributed by atoms with Gasteiger partial charge in [-0.05, 0) is 18.2 Å². The Balaban J connectivity index is 2.10. The molecular formula is C15H11ClF3N3O3S2. The van der Waals surface area contributed by atoms with Crippen molar-refractivity contribution in [3.8, 4) is 6.07 Å². The van der Waals surface area contributed by atoms with Crippen molar-refractivity contribution < 1.29 is 26.4 Å². The number of aliphatic imine (C=N–C) groups is 1. The van der Waals surface area contributed by atoms with E-state index in [9.17, 15) is 26.4 Å². The maximum Gasteiger partial charge on any atom is 0.416 e. The van der Waals surface area contributed by atoms with Crippen LogP contribution in [0.3, 0.4) is 0 Å². The molecule has 0 saturated carbocycles. The monoisotopic (exact) mass is 437 g/mol. The van der Waals surface area contributed by atoms with Gasteiger partial charge in [-0.15, -0.1) is 0 Å². The molecule has 0 bridgehead atoms. The third kappa shape index (κ3) is 4.07. The Morgan fingerprint density at radius 2 is 2.11 bits per heavy atom. The Morgan fingerprint density at radius 3 is 2.74 bits per heavy atom. The van der Waals surface area contributed by atoms with Crippen molar-refractivity contribution >= 4 is 50.0 Å². The van der Waals surface area contributed by atoms with E-state index in [0.717, 1.165) is 30.0 Å². The van der Waals surface area contributed by atoms with Crippen molar-refractivity contribution in [1.82, 2.24) is 0 Å². The number of amidine groups is 1. The number of halogens is 4. The van der Waals surface area contributed by atoms with Gasteiger partial charge in [0.1, 0.15) is 6.42 Å². The number of rotatable bonds is 2. The second-order valence-electron chi connectivity index (χ2n) is 5.96. The van der Waals surface area contributed by atoms with Gasteiger partial charge in [0, 0.05) is 5.25 Å². The molecule has 2 heterocycles. The molecule has 0 aromatic heterocycles. The molecule has 6 nitrogen and oxygen atoms in total. The number of fused-ring (bicyclic) bond motifs is 1. The van der Waals surface area contributed by atoms with E-state index in [4.69, 9.17) is 16.9 Å². The molecule has 3 rings (SSSR count). The summed E-state index contributed by atoms with van der Waals surface area (Å²) in [7, 11) is -3.38. The number of anilines is 1. The molecule has 27 heavy (non-hydrogen) atoms. The van der Waals surface area contributed by atoms with Gasteiger partial charge in [0.25, 0.3) is 5.91 Å². The van der Waals surface area contributed by atoms with E-state index in [1.807, 2.05) is 0 Å². The lowest BCUT2D eigenvalue weighted by molar-refractivity contribution is -0.137. The van der Waals surface area contributed by atoms with Crippen LogP contribution < -0.4 is 4.90 Å². The highest BCUT2D eigenvalue weighted by Gasteiger charge is 2.50. The maximum absolute atomic E-state index is 13.1. The summed E-state index contributed by atoms with van der Waals surface area (Å²) >= 11 is 7.08. The van der Waals surface area contributed by atoms with Crippen LogP contribution >= 0.6 is 23.4 Å². The molecule has 2 aliphatic rings. The maximum atomic E-state index is 13.1. The minimum absolute atomic E-state index is 0.0334. The number of alkyl halides is 3. The molecule has 2 aliphatic heterocycles. The van der Waals surface area contributed by atoms with E-state index in [1.54, 1.807) is 6.07 Å². The van der Waals surface area contributed by atoms with E-state index in [0.29, 0.717) is 0 Å². The lowest BCUT2D eigenvalue weighted by Gasteiger charge is -2.26. The topological polar surface area (TPSA) is 90.6 Å². The van der Waals surface area contributed by atoms with Crippen molar-refractivity contribution in [2.24, 2.45) is 4.99 Å². The third-order valence-electron chi connectivity index (χ3n) is 4.05. The highest BCUT2D eigenvalue weighted by Crippen LogP contribution is 2.44. The minimum Gasteiger partial charge on any atom is -0.314 e. The van der Waals surface area contributed by atoms with E-state index >= 15 is 0 Å². The van der Waals surface area contributed by atoms with Gasteiger partial charge >= 0.3 is 6.18 Å². The largest absolute Gasteiger partial charge is 0.416 e. The van der Waals surface area contributed by atoms with Crippen LogP contribution in [0.2, 0.25) is 5.02 Å². The molecule has 2 fully saturated rings. The quantitative estimate of drug-likeness (QED) is 0.706. The van der Waals surface area contributed by atoms with Gasteiger partial charge < -0.3 is 4.90 Å². The van der Waals surface area contributed by atoms with Gasteiger partial charge in [-0.3, -0.25) is 4.79 Å². The van der Waals surface area contributed by atoms with Crippen LogP contribution in [0.5, 0.6) is 0 Å². The SMILES string of the molecule is N#CCC(=O)N=C1S[C@@H]2CS(=O)(=O)C[C@H]2N1c1cc(C(F)(F)F)ccc1Cl. The summed E-state index contributed by atoms with van der Waals surface area (Å²) in [5.41, 5.74) is -1.04. The number of nitriles is 1. The van der Waals surface area contributed by atoms with Crippen LogP contribution in [0.1, 0.15) is 12.0 Å². The average Bonchev–Trinajstić information content (AvgIpc) is 2.98. The smallest absolute Gasteiger partial charge is 0.314 e. The van der Waals surface area contributed by atoms with Gasteiger partial charge in [0.2, 0.25) is 0 Å². The number of nitrogens with zero attached hydrogens (tertiary/aromatic N) is 3. The first-order chi connectivity index (χ1) is 12.5. The minimum atomic E-state index is -4.62. The normalized spacial score (nSPS) is 25.4. The number of sulfone groups is 1. The molecule has 0 spiro atoms. The number of carbonyl (C=O) groups is 1. The molecule has 0 aliphatic carbocycles. The summed E-state index contributed by atoms with van der Waals surface area (Å²) in [6.45, 7) is 0. The Morgan fingerprint density at radius 1 is 1.41 bits per heavy atom. The van der Waals surface area contributed by atoms with Gasteiger partial charge in [-0.1, -0.05) is 23.4 Å². The van der Waals surface area contributed by atoms with Crippen molar-refractivity contribution in [2.45, 2.75) is 23.9 Å². The average molecular weight is 438 g/mol. The number of hydrogen-bond acceptors (Lipinski definition) is 5. The predicted molar refractivity (Wildman–Crippen MR) is 95.4 cm³/mol. The zero-order chi connectivity index (χ0) is 20.0. The van der Waals surface area contributed by atoms with E-state index in [2.05, 4.69) is 4.99 Å². The van der Waals surface area contributed by atoms with Gasteiger partial charge in [-0.25, -0.2) is 8.42 Å². The fourth-order valence-corrected chi connectivity index (χ4v) is 7.07. The first kappa shape index (κ1) is 20.0. The molecule has 144 valence electrons. The number of benzene rings is 1. The molecule has 1 aromatic carbocycles. The van der Waals surface area contributed by atoms with Gasteiger partial charge in [0.15, 0.2) is 15.0 Å². The van der Waals surface area contributed by atoms with Crippen LogP contribution in [-0.2, 0) is 20.8 Å².